The maximum atomic E-state index is 12.7. The number of nitrogens with zero attached hydrogens (tertiary/aromatic N) is 3. The molecule has 2 aromatic rings. The molecule has 3 rings (SSSR count). The van der Waals surface area contributed by atoms with Crippen molar-refractivity contribution < 1.29 is 14.3 Å². The molecule has 0 saturated carbocycles. The lowest BCUT2D eigenvalue weighted by atomic mass is 10.1. The number of benzene rings is 1. The van der Waals surface area contributed by atoms with Crippen molar-refractivity contribution in [1.82, 2.24) is 14.9 Å². The van der Waals surface area contributed by atoms with Crippen LogP contribution in [0.5, 0.6) is 11.8 Å². The van der Waals surface area contributed by atoms with Crippen molar-refractivity contribution in [2.75, 3.05) is 20.2 Å². The van der Waals surface area contributed by atoms with Crippen LogP contribution in [0, 0.1) is 3.57 Å². The molecule has 0 radical (unpaired) electrons. The van der Waals surface area contributed by atoms with Crippen molar-refractivity contribution in [3.63, 3.8) is 0 Å². The molecule has 1 aliphatic rings. The molecule has 1 amide bonds. The van der Waals surface area contributed by atoms with E-state index in [1.165, 1.54) is 13.3 Å². The largest absolute Gasteiger partial charge is 0.480 e. The molecule has 1 aromatic carbocycles. The molecule has 0 aliphatic carbocycles. The molecule has 0 spiro atoms. The highest BCUT2D eigenvalue weighted by molar-refractivity contribution is 14.1. The monoisotopic (exact) mass is 439 g/mol. The van der Waals surface area contributed by atoms with Crippen LogP contribution in [0.4, 0.5) is 0 Å². The minimum atomic E-state index is -0.0921. The van der Waals surface area contributed by atoms with Crippen molar-refractivity contribution in [3.05, 3.63) is 45.8 Å². The minimum Gasteiger partial charge on any atom is -0.480 e. The molecule has 24 heavy (non-hydrogen) atoms. The van der Waals surface area contributed by atoms with Gasteiger partial charge in [-0.1, -0.05) is 12.1 Å². The molecular formula is C17H18IN3O3. The number of ether oxygens (including phenoxy) is 2. The van der Waals surface area contributed by atoms with E-state index < -0.39 is 0 Å². The Labute approximate surface area is 154 Å². The highest BCUT2D eigenvalue weighted by atomic mass is 127. The van der Waals surface area contributed by atoms with Crippen LogP contribution in [0.1, 0.15) is 23.2 Å². The Balaban J connectivity index is 1.68. The smallest absolute Gasteiger partial charge is 0.255 e. The summed E-state index contributed by atoms with van der Waals surface area (Å²) in [6.07, 6.45) is 4.78. The summed E-state index contributed by atoms with van der Waals surface area (Å²) in [6, 6.07) is 7.63. The van der Waals surface area contributed by atoms with Gasteiger partial charge in [0.1, 0.15) is 6.10 Å². The number of methoxy groups -OCH3 is 1. The molecule has 6 nitrogen and oxygen atoms in total. The van der Waals surface area contributed by atoms with Crippen molar-refractivity contribution in [3.8, 4) is 11.8 Å². The Morgan fingerprint density at radius 2 is 2.08 bits per heavy atom. The normalized spacial score (nSPS) is 17.4. The molecular weight excluding hydrogens is 421 g/mol. The first-order valence-electron chi connectivity index (χ1n) is 7.74. The third-order valence-corrected chi connectivity index (χ3v) is 4.80. The lowest BCUT2D eigenvalue weighted by Gasteiger charge is -2.32. The predicted octanol–water partition coefficient (Wildman–Crippen LogP) is 2.77. The van der Waals surface area contributed by atoms with E-state index in [2.05, 4.69) is 32.6 Å². The zero-order chi connectivity index (χ0) is 16.9. The third-order valence-electron chi connectivity index (χ3n) is 3.86. The highest BCUT2D eigenvalue weighted by Gasteiger charge is 2.27. The first kappa shape index (κ1) is 16.9. The van der Waals surface area contributed by atoms with Gasteiger partial charge in [-0.15, -0.1) is 0 Å². The number of halogens is 1. The van der Waals surface area contributed by atoms with Gasteiger partial charge in [-0.2, -0.15) is 4.98 Å². The second-order valence-corrected chi connectivity index (χ2v) is 6.67. The van der Waals surface area contributed by atoms with Gasteiger partial charge in [0.25, 0.3) is 5.91 Å². The van der Waals surface area contributed by atoms with E-state index in [0.717, 1.165) is 28.5 Å². The van der Waals surface area contributed by atoms with E-state index in [0.29, 0.717) is 18.3 Å². The fourth-order valence-corrected chi connectivity index (χ4v) is 3.30. The molecule has 7 heteroatoms. The van der Waals surface area contributed by atoms with Crippen LogP contribution in [0.15, 0.2) is 36.7 Å². The average Bonchev–Trinajstić information content (AvgIpc) is 2.62. The fraction of sp³-hybridized carbons (Fsp3) is 0.353. The van der Waals surface area contributed by atoms with Gasteiger partial charge in [-0.3, -0.25) is 9.78 Å². The van der Waals surface area contributed by atoms with Crippen LogP contribution in [0.2, 0.25) is 0 Å². The topological polar surface area (TPSA) is 64.6 Å². The van der Waals surface area contributed by atoms with E-state index in [9.17, 15) is 4.79 Å². The molecule has 126 valence electrons. The molecule has 1 aromatic heterocycles. The molecule has 1 fully saturated rings. The number of hydrogen-bond donors (Lipinski definition) is 0. The lowest BCUT2D eigenvalue weighted by molar-refractivity contribution is 0.0524. The van der Waals surface area contributed by atoms with Gasteiger partial charge in [0, 0.05) is 10.1 Å². The Kier molecular flexibility index (Phi) is 5.49. The van der Waals surface area contributed by atoms with Crippen LogP contribution in [0.3, 0.4) is 0 Å². The summed E-state index contributed by atoms with van der Waals surface area (Å²) < 4.78 is 11.9. The number of likely N-dealkylation sites (tertiary alicyclic amines) is 1. The Morgan fingerprint density at radius 1 is 1.29 bits per heavy atom. The quantitative estimate of drug-likeness (QED) is 0.686. The van der Waals surface area contributed by atoms with Gasteiger partial charge in [-0.25, -0.2) is 0 Å². The SMILES string of the molecule is COc1cncc(OC2CCCN(C(=O)c3ccccc3I)C2)n1. The zero-order valence-electron chi connectivity index (χ0n) is 13.3. The molecule has 2 heterocycles. The predicted molar refractivity (Wildman–Crippen MR) is 97.3 cm³/mol. The molecule has 1 unspecified atom stereocenters. The van der Waals surface area contributed by atoms with E-state index in [1.54, 1.807) is 6.20 Å². The number of carbonyl (C=O) groups excluding carboxylic acids is 1. The second kappa shape index (κ2) is 7.78. The molecule has 1 atom stereocenters. The average molecular weight is 439 g/mol. The van der Waals surface area contributed by atoms with Gasteiger partial charge < -0.3 is 14.4 Å². The summed E-state index contributed by atoms with van der Waals surface area (Å²) in [5.74, 6) is 0.878. The van der Waals surface area contributed by atoms with Crippen LogP contribution < -0.4 is 9.47 Å². The van der Waals surface area contributed by atoms with Gasteiger partial charge >= 0.3 is 0 Å². The van der Waals surface area contributed by atoms with E-state index >= 15 is 0 Å². The van der Waals surface area contributed by atoms with Crippen LogP contribution in [0.25, 0.3) is 0 Å². The number of hydrogen-bond acceptors (Lipinski definition) is 5. The first-order chi connectivity index (χ1) is 11.7. The molecule has 1 saturated heterocycles. The molecule has 0 bridgehead atoms. The van der Waals surface area contributed by atoms with Gasteiger partial charge in [0.2, 0.25) is 11.8 Å². The summed E-state index contributed by atoms with van der Waals surface area (Å²) in [5, 5.41) is 0. The summed E-state index contributed by atoms with van der Waals surface area (Å²) in [5.41, 5.74) is 0.736. The Hall–Kier alpha value is -1.90. The molecule has 0 N–H and O–H groups in total. The van der Waals surface area contributed by atoms with Crippen molar-refractivity contribution in [2.24, 2.45) is 0 Å². The van der Waals surface area contributed by atoms with Crippen molar-refractivity contribution in [1.29, 1.82) is 0 Å². The number of amides is 1. The standard InChI is InChI=1S/C17H18IN3O3/c1-23-15-9-19-10-16(20-15)24-12-5-4-8-21(11-12)17(22)13-6-2-3-7-14(13)18/h2-3,6-7,9-10,12H,4-5,8,11H2,1H3. The number of aromatic nitrogens is 2. The van der Waals surface area contributed by atoms with Gasteiger partial charge in [-0.05, 0) is 47.6 Å². The highest BCUT2D eigenvalue weighted by Crippen LogP contribution is 2.21. The minimum absolute atomic E-state index is 0.0463. The number of rotatable bonds is 4. The third kappa shape index (κ3) is 3.95. The number of piperidine rings is 1. The zero-order valence-corrected chi connectivity index (χ0v) is 15.5. The summed E-state index contributed by atoms with van der Waals surface area (Å²) in [6.45, 7) is 1.29. The summed E-state index contributed by atoms with van der Waals surface area (Å²) in [7, 11) is 1.54. The maximum Gasteiger partial charge on any atom is 0.255 e. The second-order valence-electron chi connectivity index (χ2n) is 5.51. The fourth-order valence-electron chi connectivity index (χ4n) is 2.68. The van der Waals surface area contributed by atoms with Crippen LogP contribution >= 0.6 is 22.6 Å². The van der Waals surface area contributed by atoms with E-state index in [-0.39, 0.29) is 12.0 Å². The number of carbonyl (C=O) groups is 1. The van der Waals surface area contributed by atoms with Crippen molar-refractivity contribution >= 4 is 28.5 Å². The summed E-state index contributed by atoms with van der Waals surface area (Å²) >= 11 is 2.19. The molecule has 1 aliphatic heterocycles. The Morgan fingerprint density at radius 3 is 2.88 bits per heavy atom. The first-order valence-corrected chi connectivity index (χ1v) is 8.81. The van der Waals surface area contributed by atoms with E-state index in [1.807, 2.05) is 29.2 Å². The van der Waals surface area contributed by atoms with Crippen molar-refractivity contribution in [2.45, 2.75) is 18.9 Å². The summed E-state index contributed by atoms with van der Waals surface area (Å²) in [4.78, 5) is 22.8. The van der Waals surface area contributed by atoms with E-state index in [4.69, 9.17) is 9.47 Å². The van der Waals surface area contributed by atoms with Crippen LogP contribution in [-0.4, -0.2) is 47.1 Å². The Bertz CT molecular complexity index is 726. The van der Waals surface area contributed by atoms with Gasteiger partial charge in [0.05, 0.1) is 31.6 Å². The lowest BCUT2D eigenvalue weighted by Crippen LogP contribution is -2.44. The van der Waals surface area contributed by atoms with Gasteiger partial charge in [0.15, 0.2) is 0 Å². The maximum absolute atomic E-state index is 12.7. The van der Waals surface area contributed by atoms with Crippen LogP contribution in [-0.2, 0) is 0 Å².